The van der Waals surface area contributed by atoms with Crippen molar-refractivity contribution in [1.29, 1.82) is 0 Å². The maximum atomic E-state index is 10.8. The molecular formula is C14H9NO3. The molecule has 4 heteroatoms. The normalized spacial score (nSPS) is 10.7. The Kier molecular flexibility index (Phi) is 2.34. The summed E-state index contributed by atoms with van der Waals surface area (Å²) in [5, 5.41) is 9.84. The highest BCUT2D eigenvalue weighted by Crippen LogP contribution is 2.28. The molecule has 2 aromatic heterocycles. The molecule has 3 rings (SSSR count). The lowest BCUT2D eigenvalue weighted by Gasteiger charge is -2.02. The largest absolute Gasteiger partial charge is 0.475 e. The van der Waals surface area contributed by atoms with E-state index in [-0.39, 0.29) is 5.76 Å². The summed E-state index contributed by atoms with van der Waals surface area (Å²) in [6, 6.07) is 12.6. The van der Waals surface area contributed by atoms with E-state index in [0.29, 0.717) is 5.76 Å². The second-order valence-electron chi connectivity index (χ2n) is 3.85. The molecule has 88 valence electrons. The number of benzene rings is 1. The van der Waals surface area contributed by atoms with Crippen LogP contribution in [0, 0.1) is 0 Å². The Labute approximate surface area is 103 Å². The van der Waals surface area contributed by atoms with Gasteiger partial charge in [0.1, 0.15) is 5.76 Å². The Morgan fingerprint density at radius 1 is 1.11 bits per heavy atom. The lowest BCUT2D eigenvalue weighted by molar-refractivity contribution is 0.0663. The van der Waals surface area contributed by atoms with Gasteiger partial charge in [0.25, 0.3) is 0 Å². The maximum Gasteiger partial charge on any atom is 0.371 e. The van der Waals surface area contributed by atoms with Crippen molar-refractivity contribution in [2.24, 2.45) is 0 Å². The molecule has 0 atom stereocenters. The Hall–Kier alpha value is -2.62. The zero-order valence-corrected chi connectivity index (χ0v) is 9.33. The van der Waals surface area contributed by atoms with Crippen LogP contribution in [-0.2, 0) is 0 Å². The van der Waals surface area contributed by atoms with Crippen LogP contribution in [0.3, 0.4) is 0 Å². The van der Waals surface area contributed by atoms with Gasteiger partial charge in [-0.2, -0.15) is 0 Å². The number of pyridine rings is 1. The molecule has 0 bridgehead atoms. The van der Waals surface area contributed by atoms with E-state index in [4.69, 9.17) is 9.52 Å². The van der Waals surface area contributed by atoms with Gasteiger partial charge in [-0.05, 0) is 24.3 Å². The standard InChI is InChI=1S/C14H9NO3/c16-14(17)12-7-6-11(18-12)10-5-1-3-9-4-2-8-15-13(9)10/h1-8H,(H,16,17). The van der Waals surface area contributed by atoms with Crippen LogP contribution in [0.25, 0.3) is 22.2 Å². The van der Waals surface area contributed by atoms with Crippen LogP contribution < -0.4 is 0 Å². The summed E-state index contributed by atoms with van der Waals surface area (Å²) in [6.45, 7) is 0. The summed E-state index contributed by atoms with van der Waals surface area (Å²) in [5.41, 5.74) is 1.59. The maximum absolute atomic E-state index is 10.8. The van der Waals surface area contributed by atoms with Crippen LogP contribution in [-0.4, -0.2) is 16.1 Å². The van der Waals surface area contributed by atoms with Gasteiger partial charge in [-0.25, -0.2) is 4.79 Å². The number of nitrogens with zero attached hydrogens (tertiary/aromatic N) is 1. The van der Waals surface area contributed by atoms with E-state index in [1.165, 1.54) is 6.07 Å². The topological polar surface area (TPSA) is 63.3 Å². The van der Waals surface area contributed by atoms with Crippen LogP contribution in [0.2, 0.25) is 0 Å². The summed E-state index contributed by atoms with van der Waals surface area (Å²) in [6.07, 6.45) is 1.70. The van der Waals surface area contributed by atoms with Crippen molar-refractivity contribution in [2.45, 2.75) is 0 Å². The highest BCUT2D eigenvalue weighted by Gasteiger charge is 2.12. The van der Waals surface area contributed by atoms with Gasteiger partial charge in [0.05, 0.1) is 5.52 Å². The molecule has 0 aliphatic rings. The molecule has 1 N–H and O–H groups in total. The number of aromatic carboxylic acids is 1. The molecule has 0 unspecified atom stereocenters. The summed E-state index contributed by atoms with van der Waals surface area (Å²) in [7, 11) is 0. The number of carboxylic acid groups (broad SMARTS) is 1. The first kappa shape index (κ1) is 10.5. The summed E-state index contributed by atoms with van der Waals surface area (Å²) in [4.78, 5) is 15.1. The average Bonchev–Trinajstić information content (AvgIpc) is 2.87. The number of aromatic nitrogens is 1. The first-order valence-corrected chi connectivity index (χ1v) is 5.43. The zero-order valence-electron chi connectivity index (χ0n) is 9.33. The quantitative estimate of drug-likeness (QED) is 0.745. The van der Waals surface area contributed by atoms with Crippen LogP contribution in [0.1, 0.15) is 10.6 Å². The summed E-state index contributed by atoms with van der Waals surface area (Å²) >= 11 is 0. The molecule has 3 aromatic rings. The van der Waals surface area contributed by atoms with E-state index in [2.05, 4.69) is 4.98 Å². The van der Waals surface area contributed by atoms with Crippen molar-refractivity contribution in [3.8, 4) is 11.3 Å². The molecule has 0 amide bonds. The van der Waals surface area contributed by atoms with E-state index < -0.39 is 5.97 Å². The number of hydrogen-bond acceptors (Lipinski definition) is 3. The van der Waals surface area contributed by atoms with Gasteiger partial charge in [0.2, 0.25) is 5.76 Å². The van der Waals surface area contributed by atoms with E-state index >= 15 is 0 Å². The molecule has 2 heterocycles. The molecular weight excluding hydrogens is 230 g/mol. The smallest absolute Gasteiger partial charge is 0.371 e. The lowest BCUT2D eigenvalue weighted by atomic mass is 10.1. The van der Waals surface area contributed by atoms with Crippen LogP contribution in [0.15, 0.2) is 53.1 Å². The van der Waals surface area contributed by atoms with Gasteiger partial charge in [0, 0.05) is 17.1 Å². The molecule has 0 aliphatic carbocycles. The van der Waals surface area contributed by atoms with Gasteiger partial charge in [0.15, 0.2) is 0 Å². The number of para-hydroxylation sites is 1. The van der Waals surface area contributed by atoms with Gasteiger partial charge in [-0.15, -0.1) is 0 Å². The van der Waals surface area contributed by atoms with Gasteiger partial charge >= 0.3 is 5.97 Å². The predicted octanol–water partition coefficient (Wildman–Crippen LogP) is 3.19. The van der Waals surface area contributed by atoms with Crippen molar-refractivity contribution < 1.29 is 14.3 Å². The molecule has 1 aromatic carbocycles. The van der Waals surface area contributed by atoms with Crippen molar-refractivity contribution in [3.63, 3.8) is 0 Å². The van der Waals surface area contributed by atoms with E-state index in [1.54, 1.807) is 12.3 Å². The fourth-order valence-electron chi connectivity index (χ4n) is 1.90. The molecule has 0 spiro atoms. The van der Waals surface area contributed by atoms with Crippen LogP contribution >= 0.6 is 0 Å². The number of carboxylic acids is 1. The minimum absolute atomic E-state index is 0.0714. The molecule has 0 aliphatic heterocycles. The number of furan rings is 1. The number of carbonyl (C=O) groups is 1. The Balaban J connectivity index is 2.21. The Morgan fingerprint density at radius 2 is 1.94 bits per heavy atom. The van der Waals surface area contributed by atoms with Crippen molar-refractivity contribution in [1.82, 2.24) is 4.98 Å². The summed E-state index contributed by atoms with van der Waals surface area (Å²) in [5.74, 6) is -0.635. The minimum Gasteiger partial charge on any atom is -0.475 e. The Morgan fingerprint density at radius 3 is 2.72 bits per heavy atom. The van der Waals surface area contributed by atoms with Gasteiger partial charge in [-0.1, -0.05) is 18.2 Å². The molecule has 0 saturated heterocycles. The first-order valence-electron chi connectivity index (χ1n) is 5.43. The molecule has 4 nitrogen and oxygen atoms in total. The number of fused-ring (bicyclic) bond motifs is 1. The fraction of sp³-hybridized carbons (Fsp3) is 0. The van der Waals surface area contributed by atoms with E-state index in [9.17, 15) is 4.79 Å². The fourth-order valence-corrected chi connectivity index (χ4v) is 1.90. The monoisotopic (exact) mass is 239 g/mol. The van der Waals surface area contributed by atoms with Crippen molar-refractivity contribution >= 4 is 16.9 Å². The van der Waals surface area contributed by atoms with Gasteiger partial charge < -0.3 is 9.52 Å². The van der Waals surface area contributed by atoms with Crippen LogP contribution in [0.5, 0.6) is 0 Å². The highest BCUT2D eigenvalue weighted by molar-refractivity contribution is 5.93. The zero-order chi connectivity index (χ0) is 12.5. The third-order valence-corrected chi connectivity index (χ3v) is 2.71. The second-order valence-corrected chi connectivity index (χ2v) is 3.85. The average molecular weight is 239 g/mol. The molecule has 0 radical (unpaired) electrons. The second kappa shape index (κ2) is 4.00. The Bertz CT molecular complexity index is 725. The van der Waals surface area contributed by atoms with Gasteiger partial charge in [-0.3, -0.25) is 4.98 Å². The number of hydrogen-bond donors (Lipinski definition) is 1. The van der Waals surface area contributed by atoms with Crippen molar-refractivity contribution in [3.05, 3.63) is 54.4 Å². The molecule has 0 saturated carbocycles. The third kappa shape index (κ3) is 1.64. The SMILES string of the molecule is O=C(O)c1ccc(-c2cccc3cccnc23)o1. The number of rotatable bonds is 2. The van der Waals surface area contributed by atoms with E-state index in [1.807, 2.05) is 30.3 Å². The summed E-state index contributed by atoms with van der Waals surface area (Å²) < 4.78 is 5.30. The van der Waals surface area contributed by atoms with Crippen LogP contribution in [0.4, 0.5) is 0 Å². The lowest BCUT2D eigenvalue weighted by Crippen LogP contribution is -1.91. The van der Waals surface area contributed by atoms with E-state index in [0.717, 1.165) is 16.5 Å². The highest BCUT2D eigenvalue weighted by atomic mass is 16.4. The predicted molar refractivity (Wildman–Crippen MR) is 66.4 cm³/mol. The van der Waals surface area contributed by atoms with Crippen molar-refractivity contribution in [2.75, 3.05) is 0 Å². The molecule has 18 heavy (non-hydrogen) atoms. The molecule has 0 fully saturated rings. The third-order valence-electron chi connectivity index (χ3n) is 2.71. The minimum atomic E-state index is -1.07. The first-order chi connectivity index (χ1) is 8.75.